The van der Waals surface area contributed by atoms with Crippen molar-refractivity contribution in [2.24, 2.45) is 17.6 Å². The second-order valence-electron chi connectivity index (χ2n) is 5.54. The number of aromatic nitrogens is 2. The Bertz CT molecular complexity index is 406. The second kappa shape index (κ2) is 9.02. The summed E-state index contributed by atoms with van der Waals surface area (Å²) >= 11 is 1.47. The van der Waals surface area contributed by atoms with Gasteiger partial charge in [0, 0.05) is 12.8 Å². The lowest BCUT2D eigenvalue weighted by molar-refractivity contribution is -0.116. The predicted octanol–water partition coefficient (Wildman–Crippen LogP) is 2.83. The van der Waals surface area contributed by atoms with Crippen LogP contribution in [0.25, 0.3) is 0 Å². The van der Waals surface area contributed by atoms with Crippen molar-refractivity contribution < 1.29 is 4.79 Å². The van der Waals surface area contributed by atoms with Gasteiger partial charge in [0.05, 0.1) is 0 Å². The standard InChI is InChI=1S/C14H26N4OS/c1-4-11(7-8-15)5-6-12(19)16-14-18-17-13(20-14)9-10(2)3/h10-11H,4-9,15H2,1-3H3,(H,16,18,19). The first-order valence-electron chi connectivity index (χ1n) is 7.37. The van der Waals surface area contributed by atoms with Crippen LogP contribution in [0.5, 0.6) is 0 Å². The molecular formula is C14H26N4OS. The van der Waals surface area contributed by atoms with Crippen LogP contribution in [0.1, 0.15) is 51.5 Å². The molecule has 1 rings (SSSR count). The van der Waals surface area contributed by atoms with E-state index in [1.807, 2.05) is 0 Å². The molecule has 1 atom stereocenters. The van der Waals surface area contributed by atoms with Crippen LogP contribution in [0.15, 0.2) is 0 Å². The molecule has 0 aliphatic rings. The molecule has 3 N–H and O–H groups in total. The summed E-state index contributed by atoms with van der Waals surface area (Å²) in [7, 11) is 0. The molecule has 0 bridgehead atoms. The van der Waals surface area contributed by atoms with Crippen molar-refractivity contribution in [2.45, 2.75) is 52.9 Å². The first kappa shape index (κ1) is 17.0. The third kappa shape index (κ3) is 6.43. The number of nitrogens with zero attached hydrogens (tertiary/aromatic N) is 2. The van der Waals surface area contributed by atoms with Crippen molar-refractivity contribution in [1.82, 2.24) is 10.2 Å². The SMILES string of the molecule is CCC(CCN)CCC(=O)Nc1nnc(CC(C)C)s1. The summed E-state index contributed by atoms with van der Waals surface area (Å²) in [5.41, 5.74) is 5.56. The van der Waals surface area contributed by atoms with Gasteiger partial charge in [-0.05, 0) is 31.2 Å². The lowest BCUT2D eigenvalue weighted by Gasteiger charge is -2.12. The van der Waals surface area contributed by atoms with E-state index in [1.165, 1.54) is 11.3 Å². The molecule has 0 radical (unpaired) electrons. The lowest BCUT2D eigenvalue weighted by atomic mass is 9.96. The third-order valence-electron chi connectivity index (χ3n) is 3.23. The summed E-state index contributed by atoms with van der Waals surface area (Å²) < 4.78 is 0. The summed E-state index contributed by atoms with van der Waals surface area (Å²) in [6, 6.07) is 0. The van der Waals surface area contributed by atoms with Crippen molar-refractivity contribution >= 4 is 22.4 Å². The highest BCUT2D eigenvalue weighted by atomic mass is 32.1. The highest BCUT2D eigenvalue weighted by Gasteiger charge is 2.12. The molecule has 1 heterocycles. The van der Waals surface area contributed by atoms with E-state index in [0.717, 1.165) is 30.7 Å². The number of carbonyl (C=O) groups is 1. The maximum atomic E-state index is 11.9. The average Bonchev–Trinajstić information content (AvgIpc) is 2.80. The van der Waals surface area contributed by atoms with E-state index in [1.54, 1.807) is 0 Å². The number of hydrogen-bond donors (Lipinski definition) is 2. The van der Waals surface area contributed by atoms with E-state index < -0.39 is 0 Å². The summed E-state index contributed by atoms with van der Waals surface area (Å²) in [6.45, 7) is 7.11. The normalized spacial score (nSPS) is 12.7. The van der Waals surface area contributed by atoms with E-state index in [0.29, 0.717) is 29.9 Å². The molecule has 20 heavy (non-hydrogen) atoms. The van der Waals surface area contributed by atoms with Crippen LogP contribution in [0.2, 0.25) is 0 Å². The molecule has 0 saturated heterocycles. The van der Waals surface area contributed by atoms with Crippen LogP contribution in [0.3, 0.4) is 0 Å². The topological polar surface area (TPSA) is 80.9 Å². The number of carbonyl (C=O) groups excluding carboxylic acids is 1. The summed E-state index contributed by atoms with van der Waals surface area (Å²) in [5.74, 6) is 1.11. The van der Waals surface area contributed by atoms with Crippen LogP contribution >= 0.6 is 11.3 Å². The Morgan fingerprint density at radius 1 is 1.35 bits per heavy atom. The molecule has 0 aliphatic heterocycles. The summed E-state index contributed by atoms with van der Waals surface area (Å²) in [4.78, 5) is 11.9. The molecule has 1 unspecified atom stereocenters. The average molecular weight is 298 g/mol. The van der Waals surface area contributed by atoms with Crippen LogP contribution in [-0.4, -0.2) is 22.6 Å². The minimum absolute atomic E-state index is 0.0210. The smallest absolute Gasteiger partial charge is 0.226 e. The van der Waals surface area contributed by atoms with Crippen molar-refractivity contribution in [3.05, 3.63) is 5.01 Å². The van der Waals surface area contributed by atoms with Crippen LogP contribution < -0.4 is 11.1 Å². The van der Waals surface area contributed by atoms with Gasteiger partial charge in [0.15, 0.2) is 0 Å². The molecular weight excluding hydrogens is 272 g/mol. The van der Waals surface area contributed by atoms with Gasteiger partial charge in [-0.2, -0.15) is 0 Å². The molecule has 0 aromatic carbocycles. The zero-order chi connectivity index (χ0) is 15.0. The highest BCUT2D eigenvalue weighted by molar-refractivity contribution is 7.15. The van der Waals surface area contributed by atoms with E-state index in [4.69, 9.17) is 5.73 Å². The van der Waals surface area contributed by atoms with Gasteiger partial charge in [-0.3, -0.25) is 4.79 Å². The second-order valence-corrected chi connectivity index (χ2v) is 6.60. The van der Waals surface area contributed by atoms with Crippen molar-refractivity contribution in [3.8, 4) is 0 Å². The quantitative estimate of drug-likeness (QED) is 0.734. The van der Waals surface area contributed by atoms with Gasteiger partial charge in [0.25, 0.3) is 0 Å². The van der Waals surface area contributed by atoms with Gasteiger partial charge in [-0.15, -0.1) is 10.2 Å². The maximum Gasteiger partial charge on any atom is 0.226 e. The molecule has 0 aliphatic carbocycles. The Morgan fingerprint density at radius 2 is 2.10 bits per heavy atom. The maximum absolute atomic E-state index is 11.9. The fourth-order valence-corrected chi connectivity index (χ4v) is 3.01. The summed E-state index contributed by atoms with van der Waals surface area (Å²) in [5, 5.41) is 12.5. The van der Waals surface area contributed by atoms with Gasteiger partial charge < -0.3 is 11.1 Å². The largest absolute Gasteiger partial charge is 0.330 e. The number of nitrogens with two attached hydrogens (primary N) is 1. The lowest BCUT2D eigenvalue weighted by Crippen LogP contribution is -2.15. The predicted molar refractivity (Wildman–Crippen MR) is 83.8 cm³/mol. The Morgan fingerprint density at radius 3 is 2.70 bits per heavy atom. The number of anilines is 1. The van der Waals surface area contributed by atoms with E-state index >= 15 is 0 Å². The van der Waals surface area contributed by atoms with Crippen molar-refractivity contribution in [1.29, 1.82) is 0 Å². The zero-order valence-electron chi connectivity index (χ0n) is 12.7. The molecule has 0 fully saturated rings. The number of amides is 1. The zero-order valence-corrected chi connectivity index (χ0v) is 13.5. The van der Waals surface area contributed by atoms with Gasteiger partial charge in [-0.25, -0.2) is 0 Å². The molecule has 1 amide bonds. The molecule has 6 heteroatoms. The molecule has 0 saturated carbocycles. The number of rotatable bonds is 9. The monoisotopic (exact) mass is 298 g/mol. The van der Waals surface area contributed by atoms with Crippen molar-refractivity contribution in [2.75, 3.05) is 11.9 Å². The van der Waals surface area contributed by atoms with Gasteiger partial charge in [-0.1, -0.05) is 38.5 Å². The van der Waals surface area contributed by atoms with E-state index in [2.05, 4.69) is 36.3 Å². The van der Waals surface area contributed by atoms with E-state index in [-0.39, 0.29) is 5.91 Å². The van der Waals surface area contributed by atoms with Crippen LogP contribution in [-0.2, 0) is 11.2 Å². The first-order chi connectivity index (χ1) is 9.55. The molecule has 1 aromatic rings. The molecule has 5 nitrogen and oxygen atoms in total. The minimum atomic E-state index is 0.0210. The first-order valence-corrected chi connectivity index (χ1v) is 8.19. The minimum Gasteiger partial charge on any atom is -0.330 e. The van der Waals surface area contributed by atoms with Gasteiger partial charge in [0.2, 0.25) is 11.0 Å². The van der Waals surface area contributed by atoms with E-state index in [9.17, 15) is 4.79 Å². The van der Waals surface area contributed by atoms with Crippen molar-refractivity contribution in [3.63, 3.8) is 0 Å². The summed E-state index contributed by atoms with van der Waals surface area (Å²) in [6.07, 6.45) is 4.37. The Hall–Kier alpha value is -1.01. The molecule has 0 spiro atoms. The fraction of sp³-hybridized carbons (Fsp3) is 0.786. The number of hydrogen-bond acceptors (Lipinski definition) is 5. The fourth-order valence-electron chi connectivity index (χ4n) is 2.04. The third-order valence-corrected chi connectivity index (χ3v) is 4.09. The van der Waals surface area contributed by atoms with Gasteiger partial charge >= 0.3 is 0 Å². The Balaban J connectivity index is 2.36. The molecule has 114 valence electrons. The Labute approximate surface area is 125 Å². The number of nitrogens with one attached hydrogen (secondary N) is 1. The Kier molecular flexibility index (Phi) is 7.69. The molecule has 1 aromatic heterocycles. The van der Waals surface area contributed by atoms with Crippen LogP contribution in [0, 0.1) is 11.8 Å². The van der Waals surface area contributed by atoms with Crippen LogP contribution in [0.4, 0.5) is 5.13 Å². The highest BCUT2D eigenvalue weighted by Crippen LogP contribution is 2.19. The van der Waals surface area contributed by atoms with Gasteiger partial charge in [0.1, 0.15) is 5.01 Å².